The molecule has 1 amide bonds. The fraction of sp³-hybridized carbons (Fsp3) is 0.529. The number of ether oxygens (including phenoxy) is 2. The zero-order valence-electron chi connectivity index (χ0n) is 14.1. The first kappa shape index (κ1) is 17.3. The number of carbonyl (C=O) groups excluding carboxylic acids is 2. The van der Waals surface area contributed by atoms with Crippen LogP contribution in [0.2, 0.25) is 0 Å². The van der Waals surface area contributed by atoms with Crippen molar-refractivity contribution < 1.29 is 24.0 Å². The quantitative estimate of drug-likeness (QED) is 0.510. The number of esters is 1. The van der Waals surface area contributed by atoms with E-state index >= 15 is 0 Å². The molecule has 2 aliphatic rings. The van der Waals surface area contributed by atoms with Crippen LogP contribution in [0.25, 0.3) is 0 Å². The van der Waals surface area contributed by atoms with E-state index in [2.05, 4.69) is 5.32 Å². The molecule has 1 spiro atoms. The molecule has 2 saturated heterocycles. The van der Waals surface area contributed by atoms with Crippen molar-refractivity contribution in [2.24, 2.45) is 5.92 Å². The van der Waals surface area contributed by atoms with Gasteiger partial charge in [0.2, 0.25) is 5.91 Å². The number of amides is 1. The van der Waals surface area contributed by atoms with Crippen molar-refractivity contribution in [1.82, 2.24) is 0 Å². The third kappa shape index (κ3) is 3.48. The van der Waals surface area contributed by atoms with Gasteiger partial charge in [0.1, 0.15) is 5.60 Å². The molecule has 3 rings (SSSR count). The predicted octanol–water partition coefficient (Wildman–Crippen LogP) is 2.42. The minimum Gasteiger partial charge on any atom is -0.458 e. The van der Waals surface area contributed by atoms with Crippen LogP contribution in [0.1, 0.15) is 33.1 Å². The predicted molar refractivity (Wildman–Crippen MR) is 87.9 cm³/mol. The lowest BCUT2D eigenvalue weighted by Gasteiger charge is -2.43. The number of nitro benzene ring substituents is 1. The summed E-state index contributed by atoms with van der Waals surface area (Å²) in [7, 11) is 0. The minimum absolute atomic E-state index is 0.00313. The van der Waals surface area contributed by atoms with Crippen LogP contribution in [0, 0.1) is 16.0 Å². The fourth-order valence-corrected chi connectivity index (χ4v) is 3.70. The third-order valence-electron chi connectivity index (χ3n) is 4.71. The highest BCUT2D eigenvalue weighted by atomic mass is 16.6. The highest BCUT2D eigenvalue weighted by molar-refractivity contribution is 5.97. The molecule has 2 fully saturated rings. The fourth-order valence-electron chi connectivity index (χ4n) is 3.70. The number of rotatable bonds is 3. The number of nitrogens with one attached hydrogen (secondary N) is 1. The number of non-ortho nitro benzene ring substituents is 1. The van der Waals surface area contributed by atoms with Gasteiger partial charge in [-0.1, -0.05) is 6.07 Å². The van der Waals surface area contributed by atoms with Gasteiger partial charge < -0.3 is 14.8 Å². The molecule has 8 nitrogen and oxygen atoms in total. The average molecular weight is 348 g/mol. The molecule has 8 heteroatoms. The summed E-state index contributed by atoms with van der Waals surface area (Å²) >= 11 is 0. The molecule has 1 aromatic rings. The molecule has 0 bridgehead atoms. The van der Waals surface area contributed by atoms with Crippen LogP contribution in [-0.2, 0) is 19.1 Å². The molecular weight excluding hydrogens is 328 g/mol. The summed E-state index contributed by atoms with van der Waals surface area (Å²) in [5.74, 6) is -1.43. The van der Waals surface area contributed by atoms with Gasteiger partial charge in [0.25, 0.3) is 5.69 Å². The SMILES string of the molecule is CC1(C)C[C@]2(CCO1)OC(=O)C[C@@H]2C(=O)Nc1cccc([N+](=O)[O-])c1. The van der Waals surface area contributed by atoms with Crippen LogP contribution >= 0.6 is 0 Å². The molecule has 0 radical (unpaired) electrons. The lowest BCUT2D eigenvalue weighted by Crippen LogP contribution is -2.52. The van der Waals surface area contributed by atoms with Gasteiger partial charge in [-0.15, -0.1) is 0 Å². The van der Waals surface area contributed by atoms with Gasteiger partial charge in [-0.3, -0.25) is 19.7 Å². The van der Waals surface area contributed by atoms with Crippen molar-refractivity contribution >= 4 is 23.3 Å². The lowest BCUT2D eigenvalue weighted by molar-refractivity contribution is -0.384. The number of anilines is 1. The second kappa shape index (κ2) is 6.11. The monoisotopic (exact) mass is 348 g/mol. The van der Waals surface area contributed by atoms with E-state index in [-0.39, 0.29) is 18.0 Å². The molecule has 0 unspecified atom stereocenters. The molecule has 1 aromatic carbocycles. The van der Waals surface area contributed by atoms with Crippen LogP contribution < -0.4 is 5.32 Å². The molecule has 134 valence electrons. The zero-order chi connectivity index (χ0) is 18.2. The molecule has 2 heterocycles. The maximum absolute atomic E-state index is 12.8. The first-order valence-electron chi connectivity index (χ1n) is 8.12. The number of carbonyl (C=O) groups is 2. The Morgan fingerprint density at radius 2 is 2.16 bits per heavy atom. The summed E-state index contributed by atoms with van der Waals surface area (Å²) in [6.45, 7) is 4.20. The normalized spacial score (nSPS) is 27.8. The molecule has 0 aliphatic carbocycles. The molecule has 2 atom stereocenters. The van der Waals surface area contributed by atoms with Gasteiger partial charge in [-0.2, -0.15) is 0 Å². The van der Waals surface area contributed by atoms with Gasteiger partial charge in [0.05, 0.1) is 29.5 Å². The van der Waals surface area contributed by atoms with Gasteiger partial charge in [0, 0.05) is 30.7 Å². The van der Waals surface area contributed by atoms with Crippen LogP contribution in [0.3, 0.4) is 0 Å². The Bertz CT molecular complexity index is 732. The summed E-state index contributed by atoms with van der Waals surface area (Å²) in [5, 5.41) is 13.5. The lowest BCUT2D eigenvalue weighted by atomic mass is 9.75. The Kier molecular flexibility index (Phi) is 4.24. The van der Waals surface area contributed by atoms with E-state index in [4.69, 9.17) is 9.47 Å². The zero-order valence-corrected chi connectivity index (χ0v) is 14.1. The summed E-state index contributed by atoms with van der Waals surface area (Å²) in [4.78, 5) is 35.0. The maximum atomic E-state index is 12.8. The smallest absolute Gasteiger partial charge is 0.307 e. The van der Waals surface area contributed by atoms with Crippen LogP contribution in [0.15, 0.2) is 24.3 Å². The van der Waals surface area contributed by atoms with Gasteiger partial charge in [0.15, 0.2) is 0 Å². The van der Waals surface area contributed by atoms with E-state index in [1.807, 2.05) is 13.8 Å². The average Bonchev–Trinajstić information content (AvgIpc) is 2.81. The third-order valence-corrected chi connectivity index (χ3v) is 4.71. The summed E-state index contributed by atoms with van der Waals surface area (Å²) in [6, 6.07) is 5.71. The number of benzene rings is 1. The first-order chi connectivity index (χ1) is 11.7. The van der Waals surface area contributed by atoms with Gasteiger partial charge >= 0.3 is 5.97 Å². The van der Waals surface area contributed by atoms with Crippen molar-refractivity contribution in [2.75, 3.05) is 11.9 Å². The van der Waals surface area contributed by atoms with Crippen LogP contribution in [0.5, 0.6) is 0 Å². The highest BCUT2D eigenvalue weighted by Crippen LogP contribution is 2.46. The number of nitrogens with zero attached hydrogens (tertiary/aromatic N) is 1. The topological polar surface area (TPSA) is 108 Å². The molecule has 0 saturated carbocycles. The van der Waals surface area contributed by atoms with E-state index in [1.54, 1.807) is 6.07 Å². The largest absolute Gasteiger partial charge is 0.458 e. The van der Waals surface area contributed by atoms with E-state index in [0.717, 1.165) is 0 Å². The van der Waals surface area contributed by atoms with Crippen molar-refractivity contribution in [3.8, 4) is 0 Å². The van der Waals surface area contributed by atoms with Crippen molar-refractivity contribution in [3.63, 3.8) is 0 Å². The number of hydrogen-bond donors (Lipinski definition) is 1. The van der Waals surface area contributed by atoms with Crippen LogP contribution in [-0.4, -0.2) is 34.6 Å². The molecule has 0 aromatic heterocycles. The Labute approximate surface area is 144 Å². The van der Waals surface area contributed by atoms with Crippen molar-refractivity contribution in [1.29, 1.82) is 0 Å². The van der Waals surface area contributed by atoms with Crippen LogP contribution in [0.4, 0.5) is 11.4 Å². The Hall–Kier alpha value is -2.48. The molecule has 2 aliphatic heterocycles. The summed E-state index contributed by atoms with van der Waals surface area (Å²) < 4.78 is 11.2. The van der Waals surface area contributed by atoms with Gasteiger partial charge in [-0.25, -0.2) is 0 Å². The van der Waals surface area contributed by atoms with Crippen molar-refractivity contribution in [3.05, 3.63) is 34.4 Å². The second-order valence-electron chi connectivity index (χ2n) is 7.13. The molecular formula is C17H20N2O6. The van der Waals surface area contributed by atoms with E-state index in [0.29, 0.717) is 25.1 Å². The molecule has 1 N–H and O–H groups in total. The standard InChI is InChI=1S/C17H20N2O6/c1-16(2)10-17(6-7-24-16)13(9-14(20)25-17)15(21)18-11-4-3-5-12(8-11)19(22)23/h3-5,8,13H,6-7,9-10H2,1-2H3,(H,18,21)/t13-,17+/m1/s1. The maximum Gasteiger partial charge on any atom is 0.307 e. The Balaban J connectivity index is 1.81. The van der Waals surface area contributed by atoms with Gasteiger partial charge in [-0.05, 0) is 19.9 Å². The Morgan fingerprint density at radius 1 is 1.40 bits per heavy atom. The molecule has 25 heavy (non-hydrogen) atoms. The highest BCUT2D eigenvalue weighted by Gasteiger charge is 2.56. The minimum atomic E-state index is -0.885. The second-order valence-corrected chi connectivity index (χ2v) is 7.13. The number of hydrogen-bond acceptors (Lipinski definition) is 6. The first-order valence-corrected chi connectivity index (χ1v) is 8.12. The summed E-state index contributed by atoms with van der Waals surface area (Å²) in [6.07, 6.45) is 0.880. The number of nitro groups is 1. The van der Waals surface area contributed by atoms with E-state index < -0.39 is 28.0 Å². The van der Waals surface area contributed by atoms with E-state index in [9.17, 15) is 19.7 Å². The van der Waals surface area contributed by atoms with E-state index in [1.165, 1.54) is 18.2 Å². The van der Waals surface area contributed by atoms with Crippen molar-refractivity contribution in [2.45, 2.75) is 44.3 Å². The summed E-state index contributed by atoms with van der Waals surface area (Å²) in [5.41, 5.74) is -1.17. The Morgan fingerprint density at radius 3 is 2.84 bits per heavy atom.